The summed E-state index contributed by atoms with van der Waals surface area (Å²) in [6.45, 7) is 6.62. The highest BCUT2D eigenvalue weighted by molar-refractivity contribution is 5.92. The average molecular weight is 442 g/mol. The van der Waals surface area contributed by atoms with Gasteiger partial charge in [-0.15, -0.1) is 0 Å². The number of rotatable bonds is 6. The Morgan fingerprint density at radius 1 is 1.38 bits per heavy atom. The molecule has 0 unspecified atom stereocenters. The molecule has 2 fully saturated rings. The summed E-state index contributed by atoms with van der Waals surface area (Å²) in [4.78, 5) is 35.2. The van der Waals surface area contributed by atoms with Crippen LogP contribution in [0.5, 0.6) is 0 Å². The summed E-state index contributed by atoms with van der Waals surface area (Å²) in [5.74, 6) is -0.679. The molecule has 0 bridgehead atoms. The second-order valence-corrected chi connectivity index (χ2v) is 9.90. The van der Waals surface area contributed by atoms with Gasteiger partial charge in [-0.05, 0) is 48.9 Å². The molecule has 7 atom stereocenters. The molecule has 1 heterocycles. The van der Waals surface area contributed by atoms with E-state index in [1.54, 1.807) is 11.9 Å². The number of aliphatic hydroxyl groups is 1. The van der Waals surface area contributed by atoms with E-state index in [1.807, 2.05) is 6.92 Å². The molecule has 32 heavy (non-hydrogen) atoms. The molecule has 2 saturated carbocycles. The summed E-state index contributed by atoms with van der Waals surface area (Å²) < 4.78 is 0. The van der Waals surface area contributed by atoms with Crippen LogP contribution in [0.15, 0.2) is 18.6 Å². The quantitative estimate of drug-likeness (QED) is 0.700. The molecule has 8 nitrogen and oxygen atoms in total. The standard InChI is InChI=1S/C24H35N5O3/c1-15(23(32)29(4)13-5-10-25)17-6-8-24(3)9-7-18(16(2)20(24)21(17)30)28-22(31)19-14-26-11-12-27-19/h11-12,14-18,20-21,30H,5-9,13H2,1-4H3,(H,28,31)/t15-,16-,17-,18-,20+,21-,24+/m0/s1. The molecular weight excluding hydrogens is 406 g/mol. The number of fused-ring (bicyclic) bond motifs is 1. The highest BCUT2D eigenvalue weighted by Crippen LogP contribution is 2.55. The number of hydrogen-bond donors (Lipinski definition) is 2. The van der Waals surface area contributed by atoms with Gasteiger partial charge in [0, 0.05) is 37.9 Å². The number of hydrogen-bond acceptors (Lipinski definition) is 6. The predicted octanol–water partition coefficient (Wildman–Crippen LogP) is 2.41. The summed E-state index contributed by atoms with van der Waals surface area (Å²) in [5.41, 5.74) is 0.271. The zero-order chi connectivity index (χ0) is 23.5. The fraction of sp³-hybridized carbons (Fsp3) is 0.708. The normalized spacial score (nSPS) is 32.8. The van der Waals surface area contributed by atoms with E-state index < -0.39 is 6.10 Å². The molecular formula is C24H35N5O3. The van der Waals surface area contributed by atoms with Gasteiger partial charge in [0.15, 0.2) is 0 Å². The minimum absolute atomic E-state index is 0.0122. The zero-order valence-electron chi connectivity index (χ0n) is 19.5. The van der Waals surface area contributed by atoms with Crippen LogP contribution in [-0.4, -0.2) is 57.5 Å². The number of nitrogens with zero attached hydrogens (tertiary/aromatic N) is 4. The lowest BCUT2D eigenvalue weighted by Gasteiger charge is -2.56. The van der Waals surface area contributed by atoms with Gasteiger partial charge in [0.25, 0.3) is 5.91 Å². The zero-order valence-corrected chi connectivity index (χ0v) is 19.5. The molecule has 2 amide bonds. The van der Waals surface area contributed by atoms with E-state index in [0.29, 0.717) is 13.0 Å². The molecule has 0 aromatic carbocycles. The highest BCUT2D eigenvalue weighted by Gasteiger charge is 2.54. The SMILES string of the molecule is C[C@@H]1[C@@H]2[C@@H](O)[C@H]([C@H](C)C(=O)N(C)CCC#N)CC[C@]2(C)CC[C@@H]1NC(=O)c1cnccn1. The van der Waals surface area contributed by atoms with Gasteiger partial charge in [-0.1, -0.05) is 20.8 Å². The van der Waals surface area contributed by atoms with Crippen LogP contribution in [-0.2, 0) is 4.79 Å². The molecule has 1 aromatic rings. The summed E-state index contributed by atoms with van der Waals surface area (Å²) in [5, 5.41) is 23.4. The van der Waals surface area contributed by atoms with Crippen molar-refractivity contribution >= 4 is 11.8 Å². The molecule has 0 radical (unpaired) electrons. The molecule has 2 N–H and O–H groups in total. The van der Waals surface area contributed by atoms with E-state index in [9.17, 15) is 14.7 Å². The van der Waals surface area contributed by atoms with Crippen molar-refractivity contribution in [2.45, 2.75) is 65.0 Å². The summed E-state index contributed by atoms with van der Waals surface area (Å²) in [6, 6.07) is 2.01. The maximum atomic E-state index is 12.9. The summed E-state index contributed by atoms with van der Waals surface area (Å²) in [7, 11) is 1.72. The van der Waals surface area contributed by atoms with Crippen LogP contribution in [0.3, 0.4) is 0 Å². The van der Waals surface area contributed by atoms with E-state index in [2.05, 4.69) is 35.2 Å². The first-order chi connectivity index (χ1) is 15.2. The molecule has 8 heteroatoms. The van der Waals surface area contributed by atoms with Gasteiger partial charge in [0.1, 0.15) is 5.69 Å². The Labute approximate surface area is 190 Å². The van der Waals surface area contributed by atoms with Gasteiger partial charge in [-0.3, -0.25) is 14.6 Å². The Morgan fingerprint density at radius 2 is 2.09 bits per heavy atom. The fourth-order valence-corrected chi connectivity index (χ4v) is 6.01. The third kappa shape index (κ3) is 4.78. The molecule has 0 saturated heterocycles. The first-order valence-corrected chi connectivity index (χ1v) is 11.6. The van der Waals surface area contributed by atoms with Crippen LogP contribution in [0.2, 0.25) is 0 Å². The van der Waals surface area contributed by atoms with E-state index >= 15 is 0 Å². The Balaban J connectivity index is 1.73. The van der Waals surface area contributed by atoms with E-state index in [-0.39, 0.29) is 52.6 Å². The first-order valence-electron chi connectivity index (χ1n) is 11.6. The molecule has 2 aliphatic rings. The largest absolute Gasteiger partial charge is 0.392 e. The van der Waals surface area contributed by atoms with Gasteiger partial charge in [0.2, 0.25) is 5.91 Å². The van der Waals surface area contributed by atoms with Crippen molar-refractivity contribution in [1.29, 1.82) is 5.26 Å². The fourth-order valence-electron chi connectivity index (χ4n) is 6.01. The number of amides is 2. The third-order valence-electron chi connectivity index (χ3n) is 7.97. The minimum Gasteiger partial charge on any atom is -0.392 e. The Kier molecular flexibility index (Phi) is 7.50. The number of nitrogens with one attached hydrogen (secondary N) is 1. The second-order valence-electron chi connectivity index (χ2n) is 9.90. The van der Waals surface area contributed by atoms with Crippen molar-refractivity contribution in [2.24, 2.45) is 29.1 Å². The predicted molar refractivity (Wildman–Crippen MR) is 119 cm³/mol. The van der Waals surface area contributed by atoms with Gasteiger partial charge in [0.05, 0.1) is 24.8 Å². The number of carbonyl (C=O) groups is 2. The minimum atomic E-state index is -0.622. The van der Waals surface area contributed by atoms with Crippen molar-refractivity contribution < 1.29 is 14.7 Å². The van der Waals surface area contributed by atoms with Crippen molar-refractivity contribution in [1.82, 2.24) is 20.2 Å². The third-order valence-corrected chi connectivity index (χ3v) is 7.97. The van der Waals surface area contributed by atoms with E-state index in [1.165, 1.54) is 18.6 Å². The van der Waals surface area contributed by atoms with Crippen molar-refractivity contribution in [2.75, 3.05) is 13.6 Å². The van der Waals surface area contributed by atoms with Crippen LogP contribution >= 0.6 is 0 Å². The first kappa shape index (κ1) is 24.1. The van der Waals surface area contributed by atoms with Crippen molar-refractivity contribution in [3.05, 3.63) is 24.3 Å². The van der Waals surface area contributed by atoms with Gasteiger partial charge in [-0.2, -0.15) is 5.26 Å². The van der Waals surface area contributed by atoms with Gasteiger partial charge in [-0.25, -0.2) is 4.98 Å². The lowest BCUT2D eigenvalue weighted by Crippen LogP contribution is -2.58. The maximum Gasteiger partial charge on any atom is 0.271 e. The van der Waals surface area contributed by atoms with Crippen LogP contribution in [0.4, 0.5) is 0 Å². The lowest BCUT2D eigenvalue weighted by atomic mass is 9.51. The maximum absolute atomic E-state index is 12.9. The monoisotopic (exact) mass is 441 g/mol. The molecule has 0 spiro atoms. The van der Waals surface area contributed by atoms with Crippen LogP contribution in [0.25, 0.3) is 0 Å². The topological polar surface area (TPSA) is 119 Å². The number of aliphatic hydroxyl groups excluding tert-OH is 1. The van der Waals surface area contributed by atoms with Crippen LogP contribution in [0, 0.1) is 40.4 Å². The molecule has 1 aromatic heterocycles. The highest BCUT2D eigenvalue weighted by atomic mass is 16.3. The number of carbonyl (C=O) groups excluding carboxylic acids is 2. The van der Waals surface area contributed by atoms with E-state index in [0.717, 1.165) is 25.7 Å². The van der Waals surface area contributed by atoms with Gasteiger partial charge < -0.3 is 15.3 Å². The number of nitriles is 1. The Hall–Kier alpha value is -2.53. The summed E-state index contributed by atoms with van der Waals surface area (Å²) in [6.07, 6.45) is 7.68. The molecule has 3 rings (SSSR count). The molecule has 174 valence electrons. The van der Waals surface area contributed by atoms with Crippen molar-refractivity contribution in [3.8, 4) is 6.07 Å². The summed E-state index contributed by atoms with van der Waals surface area (Å²) >= 11 is 0. The molecule has 0 aliphatic heterocycles. The Morgan fingerprint density at radius 3 is 2.75 bits per heavy atom. The lowest BCUT2D eigenvalue weighted by molar-refractivity contribution is -0.149. The smallest absolute Gasteiger partial charge is 0.271 e. The molecule has 2 aliphatic carbocycles. The average Bonchev–Trinajstić information content (AvgIpc) is 2.79. The van der Waals surface area contributed by atoms with Crippen LogP contribution < -0.4 is 5.32 Å². The van der Waals surface area contributed by atoms with Gasteiger partial charge >= 0.3 is 0 Å². The van der Waals surface area contributed by atoms with Crippen LogP contribution in [0.1, 0.15) is 63.4 Å². The second kappa shape index (κ2) is 9.95. The number of aromatic nitrogens is 2. The van der Waals surface area contributed by atoms with Crippen molar-refractivity contribution in [3.63, 3.8) is 0 Å². The van der Waals surface area contributed by atoms with E-state index in [4.69, 9.17) is 5.26 Å². The Bertz CT molecular complexity index is 857.